The summed E-state index contributed by atoms with van der Waals surface area (Å²) in [6, 6.07) is 0. The fraction of sp³-hybridized carbons (Fsp3) is 0.588. The SMILES string of the molecule is CCN(CC)C(=O)C1(NC(=O)c2cnc(C(=O)O)cn2)CCCCC1. The lowest BCUT2D eigenvalue weighted by molar-refractivity contribution is -0.139. The number of carbonyl (C=O) groups is 3. The maximum Gasteiger partial charge on any atom is 0.356 e. The first-order valence-electron chi connectivity index (χ1n) is 8.60. The van der Waals surface area contributed by atoms with Crippen molar-refractivity contribution < 1.29 is 19.5 Å². The normalized spacial score (nSPS) is 16.1. The number of hydrogen-bond acceptors (Lipinski definition) is 5. The molecule has 1 aromatic rings. The lowest BCUT2D eigenvalue weighted by Gasteiger charge is -2.39. The van der Waals surface area contributed by atoms with Crippen molar-refractivity contribution in [1.29, 1.82) is 0 Å². The van der Waals surface area contributed by atoms with E-state index in [0.717, 1.165) is 31.7 Å². The Morgan fingerprint density at radius 3 is 2.12 bits per heavy atom. The van der Waals surface area contributed by atoms with Crippen LogP contribution in [0.5, 0.6) is 0 Å². The van der Waals surface area contributed by atoms with E-state index in [4.69, 9.17) is 5.11 Å². The lowest BCUT2D eigenvalue weighted by Crippen LogP contribution is -2.60. The molecule has 0 aromatic carbocycles. The predicted octanol–water partition coefficient (Wildman–Crippen LogP) is 1.48. The minimum Gasteiger partial charge on any atom is -0.476 e. The summed E-state index contributed by atoms with van der Waals surface area (Å²) in [5, 5.41) is 11.7. The molecule has 1 aromatic heterocycles. The molecule has 2 N–H and O–H groups in total. The van der Waals surface area contributed by atoms with Gasteiger partial charge in [-0.1, -0.05) is 19.3 Å². The van der Waals surface area contributed by atoms with Crippen molar-refractivity contribution >= 4 is 17.8 Å². The van der Waals surface area contributed by atoms with Crippen LogP contribution in [0.3, 0.4) is 0 Å². The summed E-state index contributed by atoms with van der Waals surface area (Å²) in [5.74, 6) is -1.78. The molecule has 2 rings (SSSR count). The average molecular weight is 348 g/mol. The van der Waals surface area contributed by atoms with Crippen molar-refractivity contribution in [1.82, 2.24) is 20.2 Å². The summed E-state index contributed by atoms with van der Waals surface area (Å²) in [5.41, 5.74) is -1.15. The highest BCUT2D eigenvalue weighted by Crippen LogP contribution is 2.30. The van der Waals surface area contributed by atoms with E-state index < -0.39 is 17.4 Å². The van der Waals surface area contributed by atoms with Crippen molar-refractivity contribution in [3.63, 3.8) is 0 Å². The first-order valence-corrected chi connectivity index (χ1v) is 8.60. The molecule has 0 aliphatic heterocycles. The number of aromatic nitrogens is 2. The van der Waals surface area contributed by atoms with Gasteiger partial charge in [-0.2, -0.15) is 0 Å². The van der Waals surface area contributed by atoms with Gasteiger partial charge in [-0.3, -0.25) is 9.59 Å². The zero-order chi connectivity index (χ0) is 18.4. The molecule has 0 unspecified atom stereocenters. The Bertz CT molecular complexity index is 635. The molecule has 0 saturated heterocycles. The van der Waals surface area contributed by atoms with Crippen LogP contribution >= 0.6 is 0 Å². The Morgan fingerprint density at radius 1 is 1.08 bits per heavy atom. The van der Waals surface area contributed by atoms with Gasteiger partial charge in [0.15, 0.2) is 5.69 Å². The molecule has 2 amide bonds. The summed E-state index contributed by atoms with van der Waals surface area (Å²) in [6.07, 6.45) is 6.13. The smallest absolute Gasteiger partial charge is 0.356 e. The molecule has 136 valence electrons. The number of rotatable bonds is 6. The maximum absolute atomic E-state index is 13.0. The zero-order valence-corrected chi connectivity index (χ0v) is 14.6. The summed E-state index contributed by atoms with van der Waals surface area (Å²) in [4.78, 5) is 45.7. The van der Waals surface area contributed by atoms with Crippen molar-refractivity contribution in [2.24, 2.45) is 0 Å². The lowest BCUT2D eigenvalue weighted by atomic mass is 9.80. The van der Waals surface area contributed by atoms with Crippen LogP contribution in [-0.2, 0) is 4.79 Å². The van der Waals surface area contributed by atoms with Gasteiger partial charge in [-0.05, 0) is 26.7 Å². The third-order valence-electron chi connectivity index (χ3n) is 4.62. The van der Waals surface area contributed by atoms with E-state index in [1.807, 2.05) is 13.8 Å². The molecular formula is C17H24N4O4. The van der Waals surface area contributed by atoms with Crippen LogP contribution in [0.25, 0.3) is 0 Å². The number of carbonyl (C=O) groups excluding carboxylic acids is 2. The second-order valence-corrected chi connectivity index (χ2v) is 6.17. The van der Waals surface area contributed by atoms with Gasteiger partial charge < -0.3 is 15.3 Å². The molecule has 1 heterocycles. The highest BCUT2D eigenvalue weighted by atomic mass is 16.4. The fourth-order valence-electron chi connectivity index (χ4n) is 3.20. The molecule has 1 aliphatic carbocycles. The van der Waals surface area contributed by atoms with Gasteiger partial charge in [-0.25, -0.2) is 14.8 Å². The number of hydrogen-bond donors (Lipinski definition) is 2. The molecule has 1 aliphatic rings. The van der Waals surface area contributed by atoms with Crippen LogP contribution < -0.4 is 5.32 Å². The van der Waals surface area contributed by atoms with Gasteiger partial charge >= 0.3 is 5.97 Å². The van der Waals surface area contributed by atoms with Crippen molar-refractivity contribution in [3.05, 3.63) is 23.8 Å². The molecule has 25 heavy (non-hydrogen) atoms. The molecule has 0 bridgehead atoms. The molecule has 8 heteroatoms. The van der Waals surface area contributed by atoms with Crippen LogP contribution in [0.2, 0.25) is 0 Å². The number of aromatic carboxylic acids is 1. The summed E-state index contributed by atoms with van der Waals surface area (Å²) >= 11 is 0. The summed E-state index contributed by atoms with van der Waals surface area (Å²) in [6.45, 7) is 4.99. The average Bonchev–Trinajstić information content (AvgIpc) is 2.63. The third-order valence-corrected chi connectivity index (χ3v) is 4.62. The van der Waals surface area contributed by atoms with Gasteiger partial charge in [0.1, 0.15) is 11.2 Å². The van der Waals surface area contributed by atoms with Crippen LogP contribution in [0.15, 0.2) is 12.4 Å². The highest BCUT2D eigenvalue weighted by Gasteiger charge is 2.43. The molecule has 0 atom stereocenters. The van der Waals surface area contributed by atoms with Gasteiger partial charge in [0.2, 0.25) is 5.91 Å². The monoisotopic (exact) mass is 348 g/mol. The number of amides is 2. The van der Waals surface area contributed by atoms with E-state index in [0.29, 0.717) is 25.9 Å². The Kier molecular flexibility index (Phi) is 6.06. The minimum absolute atomic E-state index is 0.00213. The van der Waals surface area contributed by atoms with E-state index >= 15 is 0 Å². The first-order chi connectivity index (χ1) is 11.9. The molecule has 0 radical (unpaired) electrons. The number of carboxylic acids is 1. The topological polar surface area (TPSA) is 112 Å². The zero-order valence-electron chi connectivity index (χ0n) is 14.6. The number of carboxylic acid groups (broad SMARTS) is 1. The highest BCUT2D eigenvalue weighted by molar-refractivity contribution is 5.98. The van der Waals surface area contributed by atoms with E-state index in [9.17, 15) is 14.4 Å². The van der Waals surface area contributed by atoms with E-state index in [1.165, 1.54) is 0 Å². The van der Waals surface area contributed by atoms with E-state index in [-0.39, 0.29) is 17.3 Å². The number of nitrogens with zero attached hydrogens (tertiary/aromatic N) is 3. The number of likely N-dealkylation sites (N-methyl/N-ethyl adjacent to an activating group) is 1. The van der Waals surface area contributed by atoms with Crippen LogP contribution in [0.4, 0.5) is 0 Å². The van der Waals surface area contributed by atoms with Crippen LogP contribution in [0, 0.1) is 0 Å². The third kappa shape index (κ3) is 4.12. The van der Waals surface area contributed by atoms with Crippen molar-refractivity contribution in [2.75, 3.05) is 13.1 Å². The first kappa shape index (κ1) is 18.8. The molecule has 1 fully saturated rings. The van der Waals surface area contributed by atoms with Gasteiger partial charge in [-0.15, -0.1) is 0 Å². The Morgan fingerprint density at radius 2 is 1.64 bits per heavy atom. The standard InChI is InChI=1S/C17H24N4O4/c1-3-21(4-2)16(25)17(8-6-5-7-9-17)20-14(22)12-10-19-13(11-18-12)15(23)24/h10-11H,3-9H2,1-2H3,(H,20,22)(H,23,24). The summed E-state index contributed by atoms with van der Waals surface area (Å²) < 4.78 is 0. The second-order valence-electron chi connectivity index (χ2n) is 6.17. The largest absolute Gasteiger partial charge is 0.476 e. The Labute approximate surface area is 146 Å². The predicted molar refractivity (Wildman–Crippen MR) is 90.2 cm³/mol. The Balaban J connectivity index is 2.22. The van der Waals surface area contributed by atoms with Gasteiger partial charge in [0, 0.05) is 13.1 Å². The molecule has 0 spiro atoms. The van der Waals surface area contributed by atoms with Crippen LogP contribution in [-0.4, -0.2) is 56.4 Å². The van der Waals surface area contributed by atoms with Crippen LogP contribution in [0.1, 0.15) is 66.9 Å². The van der Waals surface area contributed by atoms with E-state index in [1.54, 1.807) is 4.90 Å². The fourth-order valence-corrected chi connectivity index (χ4v) is 3.20. The minimum atomic E-state index is -1.21. The molecule has 8 nitrogen and oxygen atoms in total. The van der Waals surface area contributed by atoms with Gasteiger partial charge in [0.25, 0.3) is 5.91 Å². The van der Waals surface area contributed by atoms with E-state index in [2.05, 4.69) is 15.3 Å². The number of nitrogens with one attached hydrogen (secondary N) is 1. The van der Waals surface area contributed by atoms with Crippen molar-refractivity contribution in [3.8, 4) is 0 Å². The quantitative estimate of drug-likeness (QED) is 0.805. The Hall–Kier alpha value is -2.51. The second kappa shape index (κ2) is 8.04. The van der Waals surface area contributed by atoms with Gasteiger partial charge in [0.05, 0.1) is 12.4 Å². The maximum atomic E-state index is 13.0. The molecular weight excluding hydrogens is 324 g/mol. The molecule has 1 saturated carbocycles. The summed E-state index contributed by atoms with van der Waals surface area (Å²) in [7, 11) is 0. The van der Waals surface area contributed by atoms with Crippen molar-refractivity contribution in [2.45, 2.75) is 51.5 Å².